The predicted molar refractivity (Wildman–Crippen MR) is 55.7 cm³/mol. The van der Waals surface area contributed by atoms with Crippen molar-refractivity contribution in [3.05, 3.63) is 28.2 Å². The molecule has 0 spiro atoms. The Morgan fingerprint density at radius 2 is 2.31 bits per heavy atom. The lowest BCUT2D eigenvalue weighted by molar-refractivity contribution is 0.178. The van der Waals surface area contributed by atoms with E-state index in [9.17, 15) is 4.39 Å². The molecule has 1 aromatic rings. The molecule has 1 atom stereocenters. The van der Waals surface area contributed by atoms with Gasteiger partial charge in [0.25, 0.3) is 0 Å². The Hall–Kier alpha value is -0.570. The molecule has 0 fully saturated rings. The molecule has 0 saturated heterocycles. The number of fused-ring (bicyclic) bond motifs is 1. The van der Waals surface area contributed by atoms with Gasteiger partial charge in [-0.2, -0.15) is 0 Å². The van der Waals surface area contributed by atoms with Crippen LogP contribution < -0.4 is 5.32 Å². The molecular weight excluding hydrogens is 233 g/mol. The Labute approximate surface area is 85.5 Å². The molecule has 0 radical (unpaired) electrons. The van der Waals surface area contributed by atoms with Gasteiger partial charge in [0.15, 0.2) is 0 Å². The highest BCUT2D eigenvalue weighted by Crippen LogP contribution is 2.39. The molecule has 0 saturated carbocycles. The van der Waals surface area contributed by atoms with Crippen molar-refractivity contribution in [3.63, 3.8) is 0 Å². The summed E-state index contributed by atoms with van der Waals surface area (Å²) in [5.41, 5.74) is 0.484. The normalized spacial score (nSPS) is 26.4. The largest absolute Gasteiger partial charge is 0.385 e. The third-order valence-electron chi connectivity index (χ3n) is 2.45. The first-order valence-electron chi connectivity index (χ1n) is 4.32. The van der Waals surface area contributed by atoms with Crippen LogP contribution in [-0.2, 0) is 5.67 Å². The van der Waals surface area contributed by atoms with Gasteiger partial charge < -0.3 is 5.32 Å². The Kier molecular flexibility index (Phi) is 2.06. The fraction of sp³-hybridized carbons (Fsp3) is 0.400. The topological polar surface area (TPSA) is 12.0 Å². The molecule has 2 rings (SSSR count). The number of anilines is 1. The standard InChI is InChI=1S/C10H11BrFN/c1-10(12)4-5-13-9-3-2-7(11)6-8(9)10/h2-3,6,13H,4-5H2,1H3. The lowest BCUT2D eigenvalue weighted by atomic mass is 9.90. The van der Waals surface area contributed by atoms with Crippen LogP contribution in [0, 0.1) is 0 Å². The highest BCUT2D eigenvalue weighted by molar-refractivity contribution is 9.10. The maximum absolute atomic E-state index is 14.0. The van der Waals surface area contributed by atoms with Gasteiger partial charge in [-0.25, -0.2) is 4.39 Å². The number of halogens is 2. The van der Waals surface area contributed by atoms with Gasteiger partial charge >= 0.3 is 0 Å². The Morgan fingerprint density at radius 1 is 1.54 bits per heavy atom. The fourth-order valence-electron chi connectivity index (χ4n) is 1.67. The monoisotopic (exact) mass is 243 g/mol. The fourth-order valence-corrected chi connectivity index (χ4v) is 2.03. The van der Waals surface area contributed by atoms with E-state index in [2.05, 4.69) is 21.2 Å². The van der Waals surface area contributed by atoms with Gasteiger partial charge in [-0.3, -0.25) is 0 Å². The molecule has 0 aromatic heterocycles. The van der Waals surface area contributed by atoms with Crippen molar-refractivity contribution < 1.29 is 4.39 Å². The first-order chi connectivity index (χ1) is 6.09. The number of alkyl halides is 1. The van der Waals surface area contributed by atoms with Gasteiger partial charge in [-0.05, 0) is 25.1 Å². The molecule has 1 heterocycles. The van der Waals surface area contributed by atoms with Crippen LogP contribution in [-0.4, -0.2) is 6.54 Å². The first kappa shape index (κ1) is 9.00. The molecule has 1 aliphatic heterocycles. The zero-order chi connectivity index (χ0) is 9.47. The van der Waals surface area contributed by atoms with Crippen molar-refractivity contribution in [2.45, 2.75) is 19.0 Å². The van der Waals surface area contributed by atoms with E-state index in [0.717, 1.165) is 15.7 Å². The van der Waals surface area contributed by atoms with E-state index in [1.165, 1.54) is 0 Å². The number of hydrogen-bond acceptors (Lipinski definition) is 1. The van der Waals surface area contributed by atoms with E-state index in [-0.39, 0.29) is 0 Å². The summed E-state index contributed by atoms with van der Waals surface area (Å²) in [5, 5.41) is 3.18. The van der Waals surface area contributed by atoms with Crippen molar-refractivity contribution in [1.29, 1.82) is 0 Å². The zero-order valence-electron chi connectivity index (χ0n) is 7.40. The Morgan fingerprint density at radius 3 is 3.08 bits per heavy atom. The van der Waals surface area contributed by atoms with Crippen molar-refractivity contribution in [1.82, 2.24) is 0 Å². The van der Waals surface area contributed by atoms with Gasteiger partial charge in [0.2, 0.25) is 0 Å². The minimum atomic E-state index is -1.19. The third kappa shape index (κ3) is 1.57. The number of benzene rings is 1. The van der Waals surface area contributed by atoms with E-state index >= 15 is 0 Å². The van der Waals surface area contributed by atoms with E-state index in [0.29, 0.717) is 13.0 Å². The van der Waals surface area contributed by atoms with Crippen LogP contribution in [0.1, 0.15) is 18.9 Å². The number of nitrogens with one attached hydrogen (secondary N) is 1. The Balaban J connectivity index is 2.55. The summed E-state index contributed by atoms with van der Waals surface area (Å²) < 4.78 is 14.9. The average Bonchev–Trinajstić information content (AvgIpc) is 2.06. The Bertz CT molecular complexity index is 336. The van der Waals surface area contributed by atoms with Crippen LogP contribution in [0.2, 0.25) is 0 Å². The lowest BCUT2D eigenvalue weighted by Gasteiger charge is -2.29. The maximum atomic E-state index is 14.0. The van der Waals surface area contributed by atoms with Crippen LogP contribution in [0.5, 0.6) is 0 Å². The van der Waals surface area contributed by atoms with Crippen molar-refractivity contribution in [3.8, 4) is 0 Å². The summed E-state index contributed by atoms with van der Waals surface area (Å²) >= 11 is 3.35. The number of rotatable bonds is 0. The van der Waals surface area contributed by atoms with Gasteiger partial charge in [-0.15, -0.1) is 0 Å². The van der Waals surface area contributed by atoms with Crippen LogP contribution in [0.3, 0.4) is 0 Å². The second-order valence-corrected chi connectivity index (χ2v) is 4.48. The molecule has 0 amide bonds. The van der Waals surface area contributed by atoms with Gasteiger partial charge in [0.1, 0.15) is 5.67 Å². The summed E-state index contributed by atoms with van der Waals surface area (Å²) in [6.45, 7) is 2.35. The number of hydrogen-bond donors (Lipinski definition) is 1. The summed E-state index contributed by atoms with van der Waals surface area (Å²) in [5.74, 6) is 0. The third-order valence-corrected chi connectivity index (χ3v) is 2.95. The molecule has 1 aliphatic rings. The SMILES string of the molecule is CC1(F)CCNc2ccc(Br)cc21. The van der Waals surface area contributed by atoms with Crippen LogP contribution >= 0.6 is 15.9 Å². The summed E-state index contributed by atoms with van der Waals surface area (Å²) in [4.78, 5) is 0. The van der Waals surface area contributed by atoms with Crippen molar-refractivity contribution in [2.75, 3.05) is 11.9 Å². The van der Waals surface area contributed by atoms with E-state index in [1.54, 1.807) is 6.92 Å². The quantitative estimate of drug-likeness (QED) is 0.737. The summed E-state index contributed by atoms with van der Waals surface area (Å²) in [7, 11) is 0. The minimum absolute atomic E-state index is 0.538. The zero-order valence-corrected chi connectivity index (χ0v) is 8.99. The molecule has 3 heteroatoms. The minimum Gasteiger partial charge on any atom is -0.385 e. The van der Waals surface area contributed by atoms with Crippen LogP contribution in [0.25, 0.3) is 0 Å². The predicted octanol–water partition coefficient (Wildman–Crippen LogP) is 3.45. The maximum Gasteiger partial charge on any atom is 0.136 e. The van der Waals surface area contributed by atoms with Gasteiger partial charge in [-0.1, -0.05) is 15.9 Å². The van der Waals surface area contributed by atoms with E-state index < -0.39 is 5.67 Å². The molecule has 0 aliphatic carbocycles. The summed E-state index contributed by atoms with van der Waals surface area (Å²) in [6.07, 6.45) is 0.538. The molecule has 1 unspecified atom stereocenters. The molecule has 1 aromatic carbocycles. The molecule has 70 valence electrons. The first-order valence-corrected chi connectivity index (χ1v) is 5.12. The van der Waals surface area contributed by atoms with E-state index in [4.69, 9.17) is 0 Å². The molecular formula is C10H11BrFN. The van der Waals surface area contributed by atoms with Crippen LogP contribution in [0.4, 0.5) is 10.1 Å². The van der Waals surface area contributed by atoms with Gasteiger partial charge in [0, 0.05) is 28.7 Å². The lowest BCUT2D eigenvalue weighted by Crippen LogP contribution is -2.26. The van der Waals surface area contributed by atoms with Crippen LogP contribution in [0.15, 0.2) is 22.7 Å². The van der Waals surface area contributed by atoms with Gasteiger partial charge in [0.05, 0.1) is 0 Å². The highest BCUT2D eigenvalue weighted by atomic mass is 79.9. The van der Waals surface area contributed by atoms with Crippen molar-refractivity contribution in [2.24, 2.45) is 0 Å². The van der Waals surface area contributed by atoms with E-state index in [1.807, 2.05) is 18.2 Å². The second-order valence-electron chi connectivity index (χ2n) is 3.56. The molecule has 0 bridgehead atoms. The smallest absolute Gasteiger partial charge is 0.136 e. The highest BCUT2D eigenvalue weighted by Gasteiger charge is 2.31. The molecule has 1 nitrogen and oxygen atoms in total. The second kappa shape index (κ2) is 2.98. The average molecular weight is 244 g/mol. The molecule has 13 heavy (non-hydrogen) atoms. The summed E-state index contributed by atoms with van der Waals surface area (Å²) in [6, 6.07) is 5.69. The van der Waals surface area contributed by atoms with Crippen molar-refractivity contribution >= 4 is 21.6 Å². The molecule has 1 N–H and O–H groups in total.